The molecule has 0 fully saturated rings. The van der Waals surface area contributed by atoms with Crippen LogP contribution in [-0.4, -0.2) is 36.3 Å². The van der Waals surface area contributed by atoms with Crippen LogP contribution in [0.1, 0.15) is 17.5 Å². The fourth-order valence-electron chi connectivity index (χ4n) is 3.56. The van der Waals surface area contributed by atoms with Crippen molar-refractivity contribution in [2.24, 2.45) is 4.99 Å². The van der Waals surface area contributed by atoms with Gasteiger partial charge in [-0.3, -0.25) is 4.99 Å². The molecule has 0 radical (unpaired) electrons. The summed E-state index contributed by atoms with van der Waals surface area (Å²) < 4.78 is 19.7. The second-order valence-corrected chi connectivity index (χ2v) is 9.47. The molecule has 5 nitrogen and oxygen atoms in total. The predicted molar refractivity (Wildman–Crippen MR) is 110 cm³/mol. The third-order valence-electron chi connectivity index (χ3n) is 4.93. The Bertz CT molecular complexity index is 776. The quantitative estimate of drug-likeness (QED) is 0.452. The molecule has 0 aliphatic carbocycles. The van der Waals surface area contributed by atoms with Crippen molar-refractivity contribution in [1.82, 2.24) is 0 Å². The maximum Gasteiger partial charge on any atom is 0.515 e. The van der Waals surface area contributed by atoms with Crippen molar-refractivity contribution in [2.45, 2.75) is 18.0 Å². The molecule has 0 saturated heterocycles. The Morgan fingerprint density at radius 3 is 2.11 bits per heavy atom. The lowest BCUT2D eigenvalue weighted by Crippen LogP contribution is -3.00. The number of aliphatic imine (C=N–C) groups is 1. The van der Waals surface area contributed by atoms with Gasteiger partial charge in [0.05, 0.1) is 5.04 Å². The van der Waals surface area contributed by atoms with Gasteiger partial charge < -0.3 is 25.7 Å². The van der Waals surface area contributed by atoms with Crippen molar-refractivity contribution in [3.8, 4) is 0 Å². The van der Waals surface area contributed by atoms with Crippen LogP contribution in [0.3, 0.4) is 0 Å². The fourth-order valence-corrected chi connectivity index (χ4v) is 6.30. The first-order chi connectivity index (χ1) is 12.7. The second-order valence-electron chi connectivity index (χ2n) is 6.24. The minimum absolute atomic E-state index is 0. The van der Waals surface area contributed by atoms with Crippen molar-refractivity contribution < 1.29 is 30.3 Å². The molecule has 2 heterocycles. The van der Waals surface area contributed by atoms with Crippen molar-refractivity contribution in [2.75, 3.05) is 21.3 Å². The van der Waals surface area contributed by atoms with E-state index in [2.05, 4.69) is 58.4 Å². The van der Waals surface area contributed by atoms with Gasteiger partial charge in [-0.1, -0.05) is 36.4 Å². The summed E-state index contributed by atoms with van der Waals surface area (Å²) in [5.74, 6) is 0. The summed E-state index contributed by atoms with van der Waals surface area (Å²) in [7, 11) is 1.97. The maximum absolute atomic E-state index is 5.83. The van der Waals surface area contributed by atoms with Crippen LogP contribution in [0.25, 0.3) is 0 Å². The normalized spacial score (nSPS) is 18.2. The smallest absolute Gasteiger partial charge is 0.515 e. The molecular weight excluding hydrogens is 415 g/mol. The van der Waals surface area contributed by atoms with Crippen LogP contribution in [0.2, 0.25) is 0 Å². The molecule has 3 rings (SSSR count). The molecule has 0 N–H and O–H groups in total. The highest BCUT2D eigenvalue weighted by Gasteiger charge is 2.59. The summed E-state index contributed by atoms with van der Waals surface area (Å²) in [5, 5.41) is -0.487. The van der Waals surface area contributed by atoms with Crippen molar-refractivity contribution in [3.05, 3.63) is 78.3 Å². The third kappa shape index (κ3) is 4.54. The van der Waals surface area contributed by atoms with Crippen LogP contribution in [0.4, 0.5) is 0 Å². The summed E-state index contributed by atoms with van der Waals surface area (Å²) in [4.78, 5) is 4.23. The van der Waals surface area contributed by atoms with E-state index in [9.17, 15) is 0 Å². The van der Waals surface area contributed by atoms with Gasteiger partial charge in [0.1, 0.15) is 0 Å². The standard InChI is InChI=1S/C20H25N2O3Si.2ClH/c1-23-26(24-2,25-3)20(11-13-21-14-12-20)19-9-15-22(16-10-19)17-18-7-5-4-6-8-18;;/h4-11,13-16H,12,17H2,1-3H3;2*1H/q+1;;/p-1. The molecule has 1 aromatic heterocycles. The molecular formula is C20H26Cl2N2O3Si. The van der Waals surface area contributed by atoms with E-state index in [0.717, 1.165) is 12.1 Å². The number of pyridine rings is 1. The highest BCUT2D eigenvalue weighted by molar-refractivity contribution is 6.65. The Labute approximate surface area is 180 Å². The number of hydrogen-bond acceptors (Lipinski definition) is 4. The number of aromatic nitrogens is 1. The first-order valence-corrected chi connectivity index (χ1v) is 10.3. The predicted octanol–water partition coefficient (Wildman–Crippen LogP) is 0.0915. The van der Waals surface area contributed by atoms with Crippen molar-refractivity contribution in [1.29, 1.82) is 0 Å². The molecule has 28 heavy (non-hydrogen) atoms. The summed E-state index contributed by atoms with van der Waals surface area (Å²) >= 11 is 0. The molecule has 0 bridgehead atoms. The molecule has 0 saturated carbocycles. The first-order valence-electron chi connectivity index (χ1n) is 8.58. The van der Waals surface area contributed by atoms with Crippen LogP contribution < -0.4 is 17.0 Å². The Morgan fingerprint density at radius 1 is 1.00 bits per heavy atom. The van der Waals surface area contributed by atoms with Gasteiger partial charge in [-0.2, -0.15) is 0 Å². The van der Waals surface area contributed by atoms with Gasteiger partial charge in [0.2, 0.25) is 0 Å². The van der Waals surface area contributed by atoms with Crippen LogP contribution >= 0.6 is 12.4 Å². The molecule has 1 aliphatic heterocycles. The van der Waals surface area contributed by atoms with E-state index >= 15 is 0 Å². The van der Waals surface area contributed by atoms with Crippen molar-refractivity contribution >= 4 is 27.4 Å². The molecule has 8 heteroatoms. The Morgan fingerprint density at radius 2 is 1.61 bits per heavy atom. The zero-order valence-corrected chi connectivity index (χ0v) is 18.8. The monoisotopic (exact) mass is 440 g/mol. The Hall–Kier alpha value is -1.54. The van der Waals surface area contributed by atoms with Gasteiger partial charge in [-0.25, -0.2) is 4.57 Å². The van der Waals surface area contributed by atoms with Gasteiger partial charge in [0.15, 0.2) is 18.9 Å². The summed E-state index contributed by atoms with van der Waals surface area (Å²) in [6.07, 6.45) is 10.6. The van der Waals surface area contributed by atoms with Crippen LogP contribution in [-0.2, 0) is 24.9 Å². The lowest BCUT2D eigenvalue weighted by atomic mass is 9.94. The number of hydrogen-bond donors (Lipinski definition) is 0. The molecule has 2 aromatic rings. The molecule has 1 aromatic carbocycles. The number of allylic oxidation sites excluding steroid dienone is 1. The third-order valence-corrected chi connectivity index (χ3v) is 8.30. The van der Waals surface area contributed by atoms with Crippen LogP contribution in [0, 0.1) is 0 Å². The molecule has 1 unspecified atom stereocenters. The van der Waals surface area contributed by atoms with E-state index in [0.29, 0.717) is 6.42 Å². The zero-order valence-electron chi connectivity index (χ0n) is 16.2. The second kappa shape index (κ2) is 10.9. The van der Waals surface area contributed by atoms with E-state index in [1.807, 2.05) is 18.4 Å². The summed E-state index contributed by atoms with van der Waals surface area (Å²) in [5.41, 5.74) is 2.36. The number of halogens is 2. The summed E-state index contributed by atoms with van der Waals surface area (Å²) in [6.45, 7) is 0.826. The highest BCUT2D eigenvalue weighted by atomic mass is 35.5. The molecule has 1 atom stereocenters. The van der Waals surface area contributed by atoms with Gasteiger partial charge in [-0.05, 0) is 5.56 Å². The molecule has 152 valence electrons. The van der Waals surface area contributed by atoms with Crippen molar-refractivity contribution in [3.63, 3.8) is 0 Å². The lowest BCUT2D eigenvalue weighted by molar-refractivity contribution is -0.688. The zero-order chi connectivity index (χ0) is 18.5. The fraction of sp³-hybridized carbons (Fsp3) is 0.300. The average Bonchev–Trinajstić information content (AvgIpc) is 2.72. The number of nitrogens with zero attached hydrogens (tertiary/aromatic N) is 2. The minimum atomic E-state index is -2.99. The van der Waals surface area contributed by atoms with Gasteiger partial charge in [0, 0.05) is 57.9 Å². The topological polar surface area (TPSA) is 43.9 Å². The number of benzene rings is 1. The van der Waals surface area contributed by atoms with Crippen LogP contribution in [0.5, 0.6) is 0 Å². The Kier molecular flexibility index (Phi) is 9.49. The largest absolute Gasteiger partial charge is 1.00 e. The highest BCUT2D eigenvalue weighted by Crippen LogP contribution is 2.40. The van der Waals surface area contributed by atoms with Gasteiger partial charge >= 0.3 is 8.80 Å². The maximum atomic E-state index is 5.83. The van der Waals surface area contributed by atoms with E-state index in [4.69, 9.17) is 13.3 Å². The molecule has 0 amide bonds. The average molecular weight is 441 g/mol. The SMILES string of the molecule is CO[Si](OC)(OC)C1(c2cc[n+](Cc3ccccc3)cc2)C=CN=CC1.Cl.[Cl-]. The lowest BCUT2D eigenvalue weighted by Gasteiger charge is -2.41. The molecule has 1 aliphatic rings. The van der Waals surface area contributed by atoms with Gasteiger partial charge in [0.25, 0.3) is 0 Å². The van der Waals surface area contributed by atoms with E-state index in [1.165, 1.54) is 5.56 Å². The van der Waals surface area contributed by atoms with Gasteiger partial charge in [-0.15, -0.1) is 12.4 Å². The first kappa shape index (κ1) is 24.5. The van der Waals surface area contributed by atoms with E-state index in [1.54, 1.807) is 27.5 Å². The van der Waals surface area contributed by atoms with Crippen LogP contribution in [0.15, 0.2) is 72.1 Å². The minimum Gasteiger partial charge on any atom is -1.00 e. The Balaban J connectivity index is 0.00000196. The van der Waals surface area contributed by atoms with E-state index in [-0.39, 0.29) is 24.8 Å². The molecule has 0 spiro atoms. The summed E-state index contributed by atoms with van der Waals surface area (Å²) in [6, 6.07) is 14.6. The van der Waals surface area contributed by atoms with E-state index < -0.39 is 13.8 Å². The number of rotatable bonds is 7.